The number of hydrogen-bond donors (Lipinski definition) is 3. The Bertz CT molecular complexity index is 317. The highest BCUT2D eigenvalue weighted by Gasteiger charge is 2.40. The summed E-state index contributed by atoms with van der Waals surface area (Å²) in [7, 11) is 0. The van der Waals surface area contributed by atoms with E-state index in [-0.39, 0.29) is 6.54 Å². The second-order valence-electron chi connectivity index (χ2n) is 5.63. The van der Waals surface area contributed by atoms with Crippen molar-refractivity contribution in [2.75, 3.05) is 13.1 Å². The molecule has 1 saturated heterocycles. The molecule has 0 aromatic heterocycles. The molecule has 0 radical (unpaired) electrons. The average Bonchev–Trinajstić information content (AvgIpc) is 2.25. The largest absolute Gasteiger partial charge is 0.480 e. The summed E-state index contributed by atoms with van der Waals surface area (Å²) in [6.07, 6.45) is 1.73. The first kappa shape index (κ1) is 14.8. The number of piperidine rings is 1. The van der Waals surface area contributed by atoms with Crippen molar-refractivity contribution in [1.29, 1.82) is 0 Å². The monoisotopic (exact) mass is 258 g/mol. The van der Waals surface area contributed by atoms with Crippen molar-refractivity contribution < 1.29 is 19.4 Å². The van der Waals surface area contributed by atoms with Gasteiger partial charge in [-0.25, -0.2) is 4.79 Å². The van der Waals surface area contributed by atoms with Crippen LogP contribution in [0, 0.1) is 0 Å². The summed E-state index contributed by atoms with van der Waals surface area (Å²) in [5.41, 5.74) is -1.64. The third kappa shape index (κ3) is 4.18. The lowest BCUT2D eigenvalue weighted by Gasteiger charge is -2.34. The molecule has 3 N–H and O–H groups in total. The van der Waals surface area contributed by atoms with Crippen LogP contribution in [0.4, 0.5) is 4.79 Å². The molecule has 104 valence electrons. The summed E-state index contributed by atoms with van der Waals surface area (Å²) in [5, 5.41) is 14.8. The van der Waals surface area contributed by atoms with Crippen LogP contribution >= 0.6 is 0 Å². The van der Waals surface area contributed by atoms with Crippen molar-refractivity contribution >= 4 is 12.1 Å². The van der Waals surface area contributed by atoms with Crippen LogP contribution in [0.3, 0.4) is 0 Å². The zero-order valence-electron chi connectivity index (χ0n) is 11.2. The summed E-state index contributed by atoms with van der Waals surface area (Å²) < 4.78 is 5.08. The maximum atomic E-state index is 11.5. The van der Waals surface area contributed by atoms with Gasteiger partial charge in [0.2, 0.25) is 0 Å². The minimum Gasteiger partial charge on any atom is -0.480 e. The Kier molecular flexibility index (Phi) is 4.56. The molecule has 0 aliphatic carbocycles. The van der Waals surface area contributed by atoms with E-state index in [1.54, 1.807) is 20.8 Å². The average molecular weight is 258 g/mol. The van der Waals surface area contributed by atoms with Gasteiger partial charge in [-0.3, -0.25) is 4.79 Å². The van der Waals surface area contributed by atoms with Gasteiger partial charge in [-0.2, -0.15) is 0 Å². The quantitative estimate of drug-likeness (QED) is 0.705. The molecule has 0 bridgehead atoms. The van der Waals surface area contributed by atoms with Crippen molar-refractivity contribution in [3.05, 3.63) is 0 Å². The van der Waals surface area contributed by atoms with Crippen LogP contribution < -0.4 is 10.6 Å². The van der Waals surface area contributed by atoms with Gasteiger partial charge in [0.15, 0.2) is 0 Å². The summed E-state index contributed by atoms with van der Waals surface area (Å²) in [5.74, 6) is -0.932. The first-order chi connectivity index (χ1) is 8.25. The van der Waals surface area contributed by atoms with Crippen LogP contribution in [-0.4, -0.2) is 41.4 Å². The van der Waals surface area contributed by atoms with Gasteiger partial charge in [0.1, 0.15) is 11.1 Å². The standard InChI is InChI=1S/C12H22N2O4/c1-11(2,3)18-10(17)13-8-12(9(15)16)6-4-5-7-14-12/h14H,4-8H2,1-3H3,(H,13,17)(H,15,16). The van der Waals surface area contributed by atoms with Crippen LogP contribution in [0.15, 0.2) is 0 Å². The summed E-state index contributed by atoms with van der Waals surface area (Å²) in [6, 6.07) is 0. The van der Waals surface area contributed by atoms with E-state index in [4.69, 9.17) is 4.74 Å². The summed E-state index contributed by atoms with van der Waals surface area (Å²) >= 11 is 0. The van der Waals surface area contributed by atoms with E-state index < -0.39 is 23.2 Å². The predicted molar refractivity (Wildman–Crippen MR) is 66.5 cm³/mol. The van der Waals surface area contributed by atoms with E-state index in [0.29, 0.717) is 13.0 Å². The molecule has 1 unspecified atom stereocenters. The van der Waals surface area contributed by atoms with Crippen LogP contribution in [-0.2, 0) is 9.53 Å². The Balaban J connectivity index is 2.53. The van der Waals surface area contributed by atoms with Crippen molar-refractivity contribution in [3.8, 4) is 0 Å². The predicted octanol–water partition coefficient (Wildman–Crippen LogP) is 1.11. The van der Waals surface area contributed by atoms with Gasteiger partial charge in [-0.1, -0.05) is 0 Å². The van der Waals surface area contributed by atoms with E-state index >= 15 is 0 Å². The van der Waals surface area contributed by atoms with Crippen molar-refractivity contribution in [1.82, 2.24) is 10.6 Å². The fourth-order valence-corrected chi connectivity index (χ4v) is 1.91. The molecule has 1 amide bonds. The molecule has 0 saturated carbocycles. The number of alkyl carbamates (subject to hydrolysis) is 1. The highest BCUT2D eigenvalue weighted by molar-refractivity contribution is 5.80. The number of rotatable bonds is 3. The van der Waals surface area contributed by atoms with E-state index in [1.165, 1.54) is 0 Å². The Hall–Kier alpha value is -1.30. The van der Waals surface area contributed by atoms with Crippen molar-refractivity contribution in [2.45, 2.75) is 51.2 Å². The molecule has 0 aromatic rings. The molecule has 1 aliphatic heterocycles. The second-order valence-corrected chi connectivity index (χ2v) is 5.63. The summed E-state index contributed by atoms with van der Waals surface area (Å²) in [6.45, 7) is 5.98. The molecule has 6 nitrogen and oxygen atoms in total. The maximum absolute atomic E-state index is 11.5. The van der Waals surface area contributed by atoms with Gasteiger partial charge in [0, 0.05) is 6.54 Å². The molecular weight excluding hydrogens is 236 g/mol. The van der Waals surface area contributed by atoms with E-state index in [1.807, 2.05) is 0 Å². The van der Waals surface area contributed by atoms with Gasteiger partial charge in [-0.05, 0) is 46.6 Å². The minimum absolute atomic E-state index is 0.0389. The molecule has 0 spiro atoms. The SMILES string of the molecule is CC(C)(C)OC(=O)NCC1(C(=O)O)CCCCN1. The molecular formula is C12H22N2O4. The third-order valence-corrected chi connectivity index (χ3v) is 2.84. The number of carbonyl (C=O) groups excluding carboxylic acids is 1. The minimum atomic E-state index is -1.06. The number of hydrogen-bond acceptors (Lipinski definition) is 4. The zero-order valence-corrected chi connectivity index (χ0v) is 11.2. The number of carboxylic acids is 1. The van der Waals surface area contributed by atoms with Crippen LogP contribution in [0.5, 0.6) is 0 Å². The summed E-state index contributed by atoms with van der Waals surface area (Å²) in [4.78, 5) is 22.8. The molecule has 1 rings (SSSR count). The first-order valence-corrected chi connectivity index (χ1v) is 6.20. The van der Waals surface area contributed by atoms with Crippen LogP contribution in [0.2, 0.25) is 0 Å². The van der Waals surface area contributed by atoms with E-state index in [0.717, 1.165) is 12.8 Å². The van der Waals surface area contributed by atoms with Gasteiger partial charge in [-0.15, -0.1) is 0 Å². The number of nitrogens with one attached hydrogen (secondary N) is 2. The molecule has 1 atom stereocenters. The van der Waals surface area contributed by atoms with Crippen molar-refractivity contribution in [3.63, 3.8) is 0 Å². The van der Waals surface area contributed by atoms with Gasteiger partial charge >= 0.3 is 12.1 Å². The number of aliphatic carboxylic acids is 1. The fraction of sp³-hybridized carbons (Fsp3) is 0.833. The fourth-order valence-electron chi connectivity index (χ4n) is 1.91. The smallest absolute Gasteiger partial charge is 0.407 e. The zero-order chi connectivity index (χ0) is 13.8. The molecule has 1 fully saturated rings. The Morgan fingerprint density at radius 2 is 2.06 bits per heavy atom. The lowest BCUT2D eigenvalue weighted by atomic mass is 9.89. The molecule has 6 heteroatoms. The number of ether oxygens (including phenoxy) is 1. The maximum Gasteiger partial charge on any atom is 0.407 e. The normalized spacial score (nSPS) is 24.4. The van der Waals surface area contributed by atoms with Gasteiger partial charge < -0.3 is 20.5 Å². The van der Waals surface area contributed by atoms with E-state index in [2.05, 4.69) is 10.6 Å². The van der Waals surface area contributed by atoms with Crippen LogP contribution in [0.25, 0.3) is 0 Å². The highest BCUT2D eigenvalue weighted by Crippen LogP contribution is 2.19. The topological polar surface area (TPSA) is 87.7 Å². The molecule has 18 heavy (non-hydrogen) atoms. The number of amides is 1. The van der Waals surface area contributed by atoms with E-state index in [9.17, 15) is 14.7 Å². The Labute approximate surface area is 107 Å². The first-order valence-electron chi connectivity index (χ1n) is 6.20. The Morgan fingerprint density at radius 1 is 1.39 bits per heavy atom. The van der Waals surface area contributed by atoms with Crippen LogP contribution in [0.1, 0.15) is 40.0 Å². The lowest BCUT2D eigenvalue weighted by molar-refractivity contribution is -0.145. The van der Waals surface area contributed by atoms with Gasteiger partial charge in [0.05, 0.1) is 0 Å². The molecule has 0 aromatic carbocycles. The second kappa shape index (κ2) is 5.56. The third-order valence-electron chi connectivity index (χ3n) is 2.84. The highest BCUT2D eigenvalue weighted by atomic mass is 16.6. The Morgan fingerprint density at radius 3 is 2.50 bits per heavy atom. The lowest BCUT2D eigenvalue weighted by Crippen LogP contribution is -2.61. The molecule has 1 aliphatic rings. The van der Waals surface area contributed by atoms with Crippen molar-refractivity contribution in [2.24, 2.45) is 0 Å². The molecule has 1 heterocycles. The number of carbonyl (C=O) groups is 2. The number of carboxylic acid groups (broad SMARTS) is 1. The van der Waals surface area contributed by atoms with Gasteiger partial charge in [0.25, 0.3) is 0 Å².